The second-order valence-electron chi connectivity index (χ2n) is 3.41. The maximum absolute atomic E-state index is 3.34. The number of fused-ring (bicyclic) bond motifs is 1. The molecule has 0 amide bonds. The second kappa shape index (κ2) is 4.85. The zero-order valence-electron chi connectivity index (χ0n) is 9.52. The first-order valence-electron chi connectivity index (χ1n) is 5.29. The van der Waals surface area contributed by atoms with Crippen molar-refractivity contribution in [2.75, 3.05) is 0 Å². The minimum absolute atomic E-state index is 1.06. The Morgan fingerprint density at radius 3 is 2.57 bits per heavy atom. The van der Waals surface area contributed by atoms with Crippen LogP contribution in [0.1, 0.15) is 32.9 Å². The van der Waals surface area contributed by atoms with Crippen molar-refractivity contribution in [3.63, 3.8) is 0 Å². The fourth-order valence-corrected chi connectivity index (χ4v) is 1.50. The number of allylic oxidation sites excluding steroid dienone is 2. The molecular formula is C13H19N. The molecule has 0 fully saturated rings. The molecule has 0 spiro atoms. The molecule has 1 heterocycles. The van der Waals surface area contributed by atoms with Crippen LogP contribution in [0.25, 0.3) is 12.2 Å². The van der Waals surface area contributed by atoms with Crippen LogP contribution in [-0.2, 0) is 0 Å². The number of aromatic amines is 1. The summed E-state index contributed by atoms with van der Waals surface area (Å²) < 4.78 is 0. The summed E-state index contributed by atoms with van der Waals surface area (Å²) in [6, 6.07) is 2.18. The SMILES string of the molecule is CC.CC1=CC=c2cc(C)[nH]c2=CC1. The van der Waals surface area contributed by atoms with Crippen LogP contribution in [0.3, 0.4) is 0 Å². The van der Waals surface area contributed by atoms with Gasteiger partial charge in [0.25, 0.3) is 0 Å². The van der Waals surface area contributed by atoms with Gasteiger partial charge in [-0.05, 0) is 31.6 Å². The molecule has 14 heavy (non-hydrogen) atoms. The Morgan fingerprint density at radius 2 is 1.86 bits per heavy atom. The molecule has 0 saturated carbocycles. The van der Waals surface area contributed by atoms with Gasteiger partial charge in [-0.25, -0.2) is 0 Å². The number of nitrogens with one attached hydrogen (secondary N) is 1. The van der Waals surface area contributed by atoms with E-state index in [0.29, 0.717) is 0 Å². The predicted molar refractivity (Wildman–Crippen MR) is 63.4 cm³/mol. The molecule has 0 radical (unpaired) electrons. The van der Waals surface area contributed by atoms with Crippen LogP contribution >= 0.6 is 0 Å². The lowest BCUT2D eigenvalue weighted by Gasteiger charge is -1.88. The van der Waals surface area contributed by atoms with Gasteiger partial charge in [0.2, 0.25) is 0 Å². The van der Waals surface area contributed by atoms with E-state index in [1.54, 1.807) is 0 Å². The maximum atomic E-state index is 3.34. The van der Waals surface area contributed by atoms with Gasteiger partial charge in [0, 0.05) is 11.0 Å². The largest absolute Gasteiger partial charge is 0.359 e. The molecule has 0 atom stereocenters. The lowest BCUT2D eigenvalue weighted by atomic mass is 10.2. The quantitative estimate of drug-likeness (QED) is 0.644. The fourth-order valence-electron chi connectivity index (χ4n) is 1.50. The van der Waals surface area contributed by atoms with E-state index in [4.69, 9.17) is 0 Å². The third kappa shape index (κ3) is 2.38. The minimum Gasteiger partial charge on any atom is -0.359 e. The number of hydrogen-bond donors (Lipinski definition) is 1. The molecule has 2 rings (SSSR count). The highest BCUT2D eigenvalue weighted by Gasteiger charge is 1.94. The minimum atomic E-state index is 1.06. The third-order valence-corrected chi connectivity index (χ3v) is 2.19. The molecule has 1 aliphatic rings. The molecule has 0 unspecified atom stereocenters. The summed E-state index contributed by atoms with van der Waals surface area (Å²) in [5.74, 6) is 0. The Labute approximate surface area is 85.9 Å². The van der Waals surface area contributed by atoms with E-state index in [0.717, 1.165) is 6.42 Å². The van der Waals surface area contributed by atoms with Crippen molar-refractivity contribution in [2.45, 2.75) is 34.1 Å². The lowest BCUT2D eigenvalue weighted by Crippen LogP contribution is -2.20. The van der Waals surface area contributed by atoms with E-state index in [1.807, 2.05) is 13.8 Å². The van der Waals surface area contributed by atoms with E-state index >= 15 is 0 Å². The van der Waals surface area contributed by atoms with Crippen molar-refractivity contribution >= 4 is 12.2 Å². The van der Waals surface area contributed by atoms with Gasteiger partial charge in [0.1, 0.15) is 0 Å². The fraction of sp³-hybridized carbons (Fsp3) is 0.385. The van der Waals surface area contributed by atoms with Crippen LogP contribution in [0.2, 0.25) is 0 Å². The zero-order valence-corrected chi connectivity index (χ0v) is 9.52. The Bertz CT molecular complexity index is 432. The molecular weight excluding hydrogens is 170 g/mol. The average Bonchev–Trinajstić information content (AvgIpc) is 2.47. The number of rotatable bonds is 0. The summed E-state index contributed by atoms with van der Waals surface area (Å²) in [4.78, 5) is 3.34. The van der Waals surface area contributed by atoms with Gasteiger partial charge in [-0.1, -0.05) is 37.6 Å². The summed E-state index contributed by atoms with van der Waals surface area (Å²) >= 11 is 0. The van der Waals surface area contributed by atoms with Crippen molar-refractivity contribution in [3.05, 3.63) is 34.0 Å². The monoisotopic (exact) mass is 189 g/mol. The first kappa shape index (κ1) is 10.8. The van der Waals surface area contributed by atoms with Crippen molar-refractivity contribution in [3.8, 4) is 0 Å². The van der Waals surface area contributed by atoms with E-state index in [9.17, 15) is 0 Å². The zero-order chi connectivity index (χ0) is 10.6. The van der Waals surface area contributed by atoms with Gasteiger partial charge in [-0.3, -0.25) is 0 Å². The molecule has 1 aliphatic carbocycles. The Balaban J connectivity index is 0.000000461. The molecule has 76 valence electrons. The Kier molecular flexibility index (Phi) is 3.75. The molecule has 0 aliphatic heterocycles. The molecule has 1 aromatic heterocycles. The Hall–Kier alpha value is -1.24. The van der Waals surface area contributed by atoms with Crippen molar-refractivity contribution < 1.29 is 0 Å². The van der Waals surface area contributed by atoms with Crippen LogP contribution in [0.4, 0.5) is 0 Å². The van der Waals surface area contributed by atoms with E-state index < -0.39 is 0 Å². The standard InChI is InChI=1S/C11H13N.C2H6/c1-8-3-5-10-7-9(2)12-11(10)6-4-8;1-2/h3,5-7,12H,4H2,1-2H3;1-2H3. The molecule has 1 nitrogen and oxygen atoms in total. The van der Waals surface area contributed by atoms with Crippen LogP contribution in [0.5, 0.6) is 0 Å². The maximum Gasteiger partial charge on any atom is 0.0418 e. The van der Waals surface area contributed by atoms with Crippen LogP contribution < -0.4 is 10.6 Å². The van der Waals surface area contributed by atoms with Crippen LogP contribution in [0, 0.1) is 6.92 Å². The summed E-state index contributed by atoms with van der Waals surface area (Å²) in [7, 11) is 0. The van der Waals surface area contributed by atoms with Gasteiger partial charge in [-0.15, -0.1) is 0 Å². The molecule has 0 saturated heterocycles. The first-order valence-corrected chi connectivity index (χ1v) is 5.29. The van der Waals surface area contributed by atoms with Crippen LogP contribution in [0.15, 0.2) is 17.7 Å². The Morgan fingerprint density at radius 1 is 1.14 bits per heavy atom. The highest BCUT2D eigenvalue weighted by molar-refractivity contribution is 5.46. The molecule has 1 aromatic rings. The normalized spacial score (nSPS) is 13.6. The van der Waals surface area contributed by atoms with Crippen molar-refractivity contribution in [2.24, 2.45) is 0 Å². The number of H-pyrrole nitrogens is 1. The second-order valence-corrected chi connectivity index (χ2v) is 3.41. The van der Waals surface area contributed by atoms with Gasteiger partial charge >= 0.3 is 0 Å². The van der Waals surface area contributed by atoms with Gasteiger partial charge in [0.05, 0.1) is 0 Å². The summed E-state index contributed by atoms with van der Waals surface area (Å²) in [5.41, 5.74) is 2.65. The highest BCUT2D eigenvalue weighted by atomic mass is 14.7. The lowest BCUT2D eigenvalue weighted by molar-refractivity contribution is 1.19. The number of aromatic nitrogens is 1. The summed E-state index contributed by atoms with van der Waals surface area (Å²) in [6.45, 7) is 8.25. The molecule has 0 bridgehead atoms. The number of hydrogen-bond acceptors (Lipinski definition) is 0. The average molecular weight is 189 g/mol. The highest BCUT2D eigenvalue weighted by Crippen LogP contribution is 2.01. The summed E-state index contributed by atoms with van der Waals surface area (Å²) in [5, 5.41) is 2.57. The third-order valence-electron chi connectivity index (χ3n) is 2.19. The topological polar surface area (TPSA) is 15.8 Å². The molecule has 0 aromatic carbocycles. The van der Waals surface area contributed by atoms with Crippen LogP contribution in [-0.4, -0.2) is 4.98 Å². The van der Waals surface area contributed by atoms with Gasteiger partial charge in [-0.2, -0.15) is 0 Å². The molecule has 1 heteroatoms. The smallest absolute Gasteiger partial charge is 0.0418 e. The van der Waals surface area contributed by atoms with E-state index in [-0.39, 0.29) is 0 Å². The molecule has 1 N–H and O–H groups in total. The van der Waals surface area contributed by atoms with Crippen molar-refractivity contribution in [1.82, 2.24) is 4.98 Å². The first-order chi connectivity index (χ1) is 6.75. The van der Waals surface area contributed by atoms with E-state index in [1.165, 1.54) is 21.8 Å². The number of aryl methyl sites for hydroxylation is 1. The summed E-state index contributed by atoms with van der Waals surface area (Å²) in [6.07, 6.45) is 7.68. The van der Waals surface area contributed by atoms with Crippen molar-refractivity contribution in [1.29, 1.82) is 0 Å². The predicted octanol–water partition coefficient (Wildman–Crippen LogP) is 2.26. The van der Waals surface area contributed by atoms with Gasteiger partial charge < -0.3 is 4.98 Å². The van der Waals surface area contributed by atoms with Gasteiger partial charge in [0.15, 0.2) is 0 Å². The van der Waals surface area contributed by atoms with E-state index in [2.05, 4.69) is 43.1 Å².